The summed E-state index contributed by atoms with van der Waals surface area (Å²) in [7, 11) is -3.25. The number of rotatable bonds is 3. The predicted octanol–water partition coefficient (Wildman–Crippen LogP) is 1.85. The van der Waals surface area contributed by atoms with Crippen LogP contribution in [0.5, 0.6) is 0 Å². The van der Waals surface area contributed by atoms with Crippen LogP contribution >= 0.6 is 0 Å². The summed E-state index contributed by atoms with van der Waals surface area (Å²) in [5, 5.41) is 7.97. The maximum Gasteiger partial charge on any atom is 0.246 e. The minimum atomic E-state index is -3.25. The number of allylic oxidation sites excluding steroid dienone is 1. The molecule has 1 aromatic rings. The Balaban J connectivity index is 2.15. The minimum absolute atomic E-state index is 0.0169. The molecule has 2 rings (SSSR count). The van der Waals surface area contributed by atoms with Gasteiger partial charge in [0, 0.05) is 19.2 Å². The molecule has 2 heterocycles. The van der Waals surface area contributed by atoms with Crippen molar-refractivity contribution >= 4 is 16.1 Å². The van der Waals surface area contributed by atoms with Crippen molar-refractivity contribution in [2.75, 3.05) is 26.0 Å². The Morgan fingerprint density at radius 1 is 1.36 bits per heavy atom. The summed E-state index contributed by atoms with van der Waals surface area (Å²) in [6, 6.07) is 0. The number of hydrogen-bond donors (Lipinski definition) is 0. The summed E-state index contributed by atoms with van der Waals surface area (Å²) in [5.41, 5.74) is 1.13. The molecule has 0 unspecified atom stereocenters. The molecule has 0 aromatic carbocycles. The quantitative estimate of drug-likeness (QED) is 0.841. The first kappa shape index (κ1) is 17.1. The molecule has 0 spiro atoms. The third-order valence-corrected chi connectivity index (χ3v) is 5.02. The second kappa shape index (κ2) is 6.10. The van der Waals surface area contributed by atoms with Gasteiger partial charge < -0.3 is 9.15 Å². The van der Waals surface area contributed by atoms with Crippen molar-refractivity contribution in [3.63, 3.8) is 0 Å². The molecule has 1 aromatic heterocycles. The summed E-state index contributed by atoms with van der Waals surface area (Å²) in [6.07, 6.45) is 2.51. The molecule has 1 saturated heterocycles. The Labute approximate surface area is 131 Å². The second-order valence-corrected chi connectivity index (χ2v) is 8.52. The Kier molecular flexibility index (Phi) is 4.74. The number of nitrogens with zero attached hydrogens (tertiary/aromatic N) is 3. The largest absolute Gasteiger partial charge is 0.418 e. The molecule has 8 heteroatoms. The van der Waals surface area contributed by atoms with Crippen molar-refractivity contribution in [2.45, 2.75) is 33.8 Å². The highest BCUT2D eigenvalue weighted by molar-refractivity contribution is 7.88. The van der Waals surface area contributed by atoms with Crippen LogP contribution in [0.2, 0.25) is 0 Å². The number of sulfonamides is 1. The van der Waals surface area contributed by atoms with Gasteiger partial charge in [0.05, 0.1) is 12.9 Å². The van der Waals surface area contributed by atoms with Gasteiger partial charge in [-0.1, -0.05) is 26.3 Å². The molecule has 0 bridgehead atoms. The topological polar surface area (TPSA) is 85.5 Å². The molecule has 1 aliphatic heterocycles. The van der Waals surface area contributed by atoms with Gasteiger partial charge in [-0.05, 0) is 12.3 Å². The van der Waals surface area contributed by atoms with Gasteiger partial charge >= 0.3 is 0 Å². The van der Waals surface area contributed by atoms with Gasteiger partial charge in [-0.25, -0.2) is 8.42 Å². The van der Waals surface area contributed by atoms with Gasteiger partial charge in [0.2, 0.25) is 21.8 Å². The van der Waals surface area contributed by atoms with Crippen LogP contribution < -0.4 is 0 Å². The van der Waals surface area contributed by atoms with E-state index in [2.05, 4.69) is 31.0 Å². The normalized spacial score (nSPS) is 22.0. The van der Waals surface area contributed by atoms with E-state index in [1.165, 1.54) is 10.6 Å². The summed E-state index contributed by atoms with van der Waals surface area (Å²) in [5.74, 6) is 0.712. The van der Waals surface area contributed by atoms with E-state index in [1.54, 1.807) is 0 Å². The first-order valence-electron chi connectivity index (χ1n) is 7.16. The van der Waals surface area contributed by atoms with Crippen LogP contribution in [0.25, 0.3) is 6.08 Å². The van der Waals surface area contributed by atoms with Crippen molar-refractivity contribution in [2.24, 2.45) is 5.41 Å². The lowest BCUT2D eigenvalue weighted by Crippen LogP contribution is -2.41. The van der Waals surface area contributed by atoms with E-state index in [1.807, 2.05) is 13.0 Å². The van der Waals surface area contributed by atoms with Crippen molar-refractivity contribution in [1.29, 1.82) is 0 Å². The highest BCUT2D eigenvalue weighted by Gasteiger charge is 2.30. The van der Waals surface area contributed by atoms with Gasteiger partial charge in [0.1, 0.15) is 6.10 Å². The van der Waals surface area contributed by atoms with Gasteiger partial charge in [0.15, 0.2) is 0 Å². The second-order valence-electron chi connectivity index (χ2n) is 6.54. The Hall–Kier alpha value is -1.25. The van der Waals surface area contributed by atoms with E-state index < -0.39 is 16.1 Å². The molecular weight excluding hydrogens is 306 g/mol. The number of aromatic nitrogens is 2. The molecule has 0 aliphatic carbocycles. The van der Waals surface area contributed by atoms with Crippen LogP contribution in [-0.4, -0.2) is 48.9 Å². The maximum absolute atomic E-state index is 11.6. The predicted molar refractivity (Wildman–Crippen MR) is 82.5 cm³/mol. The van der Waals surface area contributed by atoms with Gasteiger partial charge in [0.25, 0.3) is 0 Å². The molecule has 1 aliphatic rings. The first-order chi connectivity index (χ1) is 10.1. The van der Waals surface area contributed by atoms with Gasteiger partial charge in [-0.3, -0.25) is 0 Å². The van der Waals surface area contributed by atoms with E-state index in [9.17, 15) is 8.42 Å². The van der Waals surface area contributed by atoms with Gasteiger partial charge in [-0.2, -0.15) is 4.31 Å². The van der Waals surface area contributed by atoms with Crippen LogP contribution in [0.15, 0.2) is 9.99 Å². The van der Waals surface area contributed by atoms with E-state index >= 15 is 0 Å². The molecule has 7 nitrogen and oxygen atoms in total. The van der Waals surface area contributed by atoms with Crippen LogP contribution in [0.3, 0.4) is 0 Å². The smallest absolute Gasteiger partial charge is 0.246 e. The highest BCUT2D eigenvalue weighted by Crippen LogP contribution is 2.27. The molecule has 124 valence electrons. The molecule has 1 fully saturated rings. The lowest BCUT2D eigenvalue weighted by Gasteiger charge is -2.29. The maximum atomic E-state index is 11.6. The van der Waals surface area contributed by atoms with E-state index in [0.29, 0.717) is 24.9 Å². The summed E-state index contributed by atoms with van der Waals surface area (Å²) in [6.45, 7) is 9.17. The molecule has 1 atom stereocenters. The minimum Gasteiger partial charge on any atom is -0.418 e. The third-order valence-electron chi connectivity index (χ3n) is 3.75. The average Bonchev–Trinajstić information content (AvgIpc) is 2.85. The van der Waals surface area contributed by atoms with Crippen molar-refractivity contribution in [3.05, 3.63) is 17.4 Å². The summed E-state index contributed by atoms with van der Waals surface area (Å²) >= 11 is 0. The fourth-order valence-electron chi connectivity index (χ4n) is 1.91. The van der Waals surface area contributed by atoms with Gasteiger partial charge in [-0.15, -0.1) is 10.2 Å². The zero-order chi connectivity index (χ0) is 16.5. The molecular formula is C14H23N3O4S. The number of hydrogen-bond acceptors (Lipinski definition) is 6. The van der Waals surface area contributed by atoms with Crippen LogP contribution in [-0.2, 0) is 14.8 Å². The van der Waals surface area contributed by atoms with Crippen molar-refractivity contribution < 1.29 is 17.6 Å². The van der Waals surface area contributed by atoms with Crippen LogP contribution in [0, 0.1) is 5.41 Å². The highest BCUT2D eigenvalue weighted by atomic mass is 32.2. The average molecular weight is 329 g/mol. The zero-order valence-corrected chi connectivity index (χ0v) is 14.5. The Morgan fingerprint density at radius 2 is 2.05 bits per heavy atom. The van der Waals surface area contributed by atoms with E-state index in [4.69, 9.17) is 9.15 Å². The molecule has 0 N–H and O–H groups in total. The molecule has 0 saturated carbocycles. The number of morpholine rings is 1. The monoisotopic (exact) mass is 329 g/mol. The Bertz CT molecular complexity index is 658. The lowest BCUT2D eigenvalue weighted by atomic mass is 9.87. The van der Waals surface area contributed by atoms with E-state index in [0.717, 1.165) is 5.57 Å². The summed E-state index contributed by atoms with van der Waals surface area (Å²) < 4.78 is 35.8. The summed E-state index contributed by atoms with van der Waals surface area (Å²) in [4.78, 5) is 0. The zero-order valence-electron chi connectivity index (χ0n) is 13.7. The Morgan fingerprint density at radius 3 is 2.64 bits per heavy atom. The third kappa shape index (κ3) is 4.15. The standard InChI is InChI=1S/C14H23N3O4S/c1-10(14(2,3)4)8-12-15-16-13(21-12)11-9-17(6-7-20-11)22(5,18)19/h8,11H,6-7,9H2,1-5H3/b10-8-/t11-/m0/s1. The first-order valence-corrected chi connectivity index (χ1v) is 9.01. The van der Waals surface area contributed by atoms with Crippen molar-refractivity contribution in [3.8, 4) is 0 Å². The molecule has 0 radical (unpaired) electrons. The molecule has 0 amide bonds. The van der Waals surface area contributed by atoms with Crippen LogP contribution in [0.4, 0.5) is 0 Å². The fraction of sp³-hybridized carbons (Fsp3) is 0.714. The fourth-order valence-corrected chi connectivity index (χ4v) is 2.73. The number of ether oxygens (including phenoxy) is 1. The van der Waals surface area contributed by atoms with E-state index in [-0.39, 0.29) is 12.0 Å². The van der Waals surface area contributed by atoms with Crippen LogP contribution in [0.1, 0.15) is 45.6 Å². The SMILES string of the molecule is C/C(=C/c1nnc([C@@H]2CN(S(C)(=O)=O)CCO2)o1)C(C)(C)C. The van der Waals surface area contributed by atoms with Crippen molar-refractivity contribution in [1.82, 2.24) is 14.5 Å². The lowest BCUT2D eigenvalue weighted by molar-refractivity contribution is -0.0172. The molecule has 22 heavy (non-hydrogen) atoms.